The number of hydrogen-bond acceptors (Lipinski definition) is 3. The van der Waals surface area contributed by atoms with Crippen LogP contribution < -0.4 is 10.1 Å². The van der Waals surface area contributed by atoms with Gasteiger partial charge in [0.25, 0.3) is 5.91 Å². The van der Waals surface area contributed by atoms with E-state index < -0.39 is 0 Å². The van der Waals surface area contributed by atoms with Gasteiger partial charge in [0, 0.05) is 6.04 Å². The molecule has 2 N–H and O–H groups in total. The number of amides is 1. The van der Waals surface area contributed by atoms with Crippen molar-refractivity contribution in [3.8, 4) is 11.5 Å². The van der Waals surface area contributed by atoms with Crippen molar-refractivity contribution in [3.05, 3.63) is 23.8 Å². The first kappa shape index (κ1) is 15.7. The Hall–Kier alpha value is -1.71. The van der Waals surface area contributed by atoms with Gasteiger partial charge in [-0.3, -0.25) is 4.79 Å². The zero-order valence-electron chi connectivity index (χ0n) is 12.9. The van der Waals surface area contributed by atoms with Gasteiger partial charge in [-0.2, -0.15) is 0 Å². The Balaban J connectivity index is 1.94. The van der Waals surface area contributed by atoms with E-state index in [1.807, 2.05) is 0 Å². The third kappa shape index (κ3) is 3.90. The van der Waals surface area contributed by atoms with Crippen molar-refractivity contribution in [2.45, 2.75) is 51.5 Å². The molecule has 0 radical (unpaired) electrons. The van der Waals surface area contributed by atoms with Crippen LogP contribution in [0.1, 0.15) is 55.8 Å². The molecule has 1 amide bonds. The highest BCUT2D eigenvalue weighted by molar-refractivity contribution is 5.97. The van der Waals surface area contributed by atoms with Gasteiger partial charge < -0.3 is 15.2 Å². The summed E-state index contributed by atoms with van der Waals surface area (Å²) in [6, 6.07) is 5.19. The number of carbonyl (C=O) groups is 1. The van der Waals surface area contributed by atoms with Crippen LogP contribution in [0.3, 0.4) is 0 Å². The van der Waals surface area contributed by atoms with Crippen molar-refractivity contribution in [2.75, 3.05) is 7.11 Å². The van der Waals surface area contributed by atoms with E-state index in [1.54, 1.807) is 18.2 Å². The second-order valence-electron chi connectivity index (χ2n) is 5.84. The smallest absolute Gasteiger partial charge is 0.255 e. The Morgan fingerprint density at radius 2 is 2.05 bits per heavy atom. The summed E-state index contributed by atoms with van der Waals surface area (Å²) in [5.74, 6) is 0.838. The van der Waals surface area contributed by atoms with Crippen LogP contribution in [0.5, 0.6) is 11.5 Å². The first-order valence-electron chi connectivity index (χ1n) is 7.82. The van der Waals surface area contributed by atoms with Gasteiger partial charge in [0.05, 0.1) is 12.7 Å². The third-order valence-electron chi connectivity index (χ3n) is 4.34. The number of ether oxygens (including phenoxy) is 1. The minimum absolute atomic E-state index is 0.0860. The lowest BCUT2D eigenvalue weighted by Crippen LogP contribution is -2.37. The van der Waals surface area contributed by atoms with Crippen LogP contribution in [0.2, 0.25) is 0 Å². The Bertz CT molecular complexity index is 479. The van der Waals surface area contributed by atoms with E-state index in [1.165, 1.54) is 32.8 Å². The third-order valence-corrected chi connectivity index (χ3v) is 4.34. The predicted octanol–water partition coefficient (Wildman–Crippen LogP) is 3.49. The number of methoxy groups -OCH3 is 1. The molecule has 4 heteroatoms. The van der Waals surface area contributed by atoms with Gasteiger partial charge in [0.1, 0.15) is 0 Å². The van der Waals surface area contributed by atoms with E-state index in [4.69, 9.17) is 4.74 Å². The first-order valence-corrected chi connectivity index (χ1v) is 7.82. The molecule has 0 atom stereocenters. The Morgan fingerprint density at radius 1 is 1.33 bits per heavy atom. The summed E-state index contributed by atoms with van der Waals surface area (Å²) in [5, 5.41) is 13.1. The zero-order chi connectivity index (χ0) is 15.2. The van der Waals surface area contributed by atoms with Crippen LogP contribution in [0, 0.1) is 5.92 Å². The van der Waals surface area contributed by atoms with Crippen molar-refractivity contribution in [1.29, 1.82) is 0 Å². The quantitative estimate of drug-likeness (QED) is 0.873. The molecule has 0 heterocycles. The highest BCUT2D eigenvalue weighted by Crippen LogP contribution is 2.31. The average molecular weight is 291 g/mol. The molecule has 4 nitrogen and oxygen atoms in total. The van der Waals surface area contributed by atoms with Gasteiger partial charge in [-0.05, 0) is 43.7 Å². The minimum Gasteiger partial charge on any atom is -0.504 e. The summed E-state index contributed by atoms with van der Waals surface area (Å²) >= 11 is 0. The second kappa shape index (κ2) is 7.34. The number of phenolic OH excluding ortho intramolecular Hbond substituents is 1. The molecular formula is C17H25NO3. The molecule has 0 aliphatic heterocycles. The highest BCUT2D eigenvalue weighted by Gasteiger charge is 2.23. The van der Waals surface area contributed by atoms with Crippen molar-refractivity contribution >= 4 is 5.91 Å². The fraction of sp³-hybridized carbons (Fsp3) is 0.588. The molecule has 0 bridgehead atoms. The maximum Gasteiger partial charge on any atom is 0.255 e. The van der Waals surface area contributed by atoms with Gasteiger partial charge in [0.2, 0.25) is 0 Å². The van der Waals surface area contributed by atoms with Crippen LogP contribution in [0.15, 0.2) is 18.2 Å². The first-order chi connectivity index (χ1) is 10.2. The molecule has 1 aliphatic rings. The molecule has 1 aliphatic carbocycles. The summed E-state index contributed by atoms with van der Waals surface area (Å²) in [5.41, 5.74) is 0.282. The molecule has 0 saturated heterocycles. The molecule has 0 aromatic heterocycles. The van der Waals surface area contributed by atoms with Crippen LogP contribution in [0.4, 0.5) is 0 Å². The number of carbonyl (C=O) groups excluding carboxylic acids is 1. The van der Waals surface area contributed by atoms with Crippen LogP contribution >= 0.6 is 0 Å². The van der Waals surface area contributed by atoms with Crippen molar-refractivity contribution in [1.82, 2.24) is 5.32 Å². The van der Waals surface area contributed by atoms with E-state index in [9.17, 15) is 9.90 Å². The summed E-state index contributed by atoms with van der Waals surface area (Å²) in [6.45, 7) is 2.22. The molecule has 1 aromatic rings. The van der Waals surface area contributed by atoms with Gasteiger partial charge in [0.15, 0.2) is 11.5 Å². The fourth-order valence-corrected chi connectivity index (χ4v) is 3.14. The second-order valence-corrected chi connectivity index (χ2v) is 5.84. The molecule has 0 unspecified atom stereocenters. The number of hydrogen-bond donors (Lipinski definition) is 2. The number of rotatable bonds is 5. The van der Waals surface area contributed by atoms with Crippen LogP contribution in [-0.4, -0.2) is 24.2 Å². The topological polar surface area (TPSA) is 58.6 Å². The van der Waals surface area contributed by atoms with Crippen LogP contribution in [0.25, 0.3) is 0 Å². The number of phenols is 1. The SMILES string of the molecule is CCCC1CCC(NC(=O)c2cccc(OC)c2O)CC1. The number of nitrogens with one attached hydrogen (secondary N) is 1. The van der Waals surface area contributed by atoms with E-state index in [0.717, 1.165) is 18.8 Å². The molecule has 2 rings (SSSR count). The number of aromatic hydroxyl groups is 1. The van der Waals surface area contributed by atoms with Gasteiger partial charge in [-0.1, -0.05) is 25.8 Å². The Labute approximate surface area is 126 Å². The normalized spacial score (nSPS) is 21.8. The lowest BCUT2D eigenvalue weighted by molar-refractivity contribution is 0.0918. The van der Waals surface area contributed by atoms with Crippen LogP contribution in [-0.2, 0) is 0 Å². The molecule has 0 spiro atoms. The Morgan fingerprint density at radius 3 is 2.67 bits per heavy atom. The van der Waals surface area contributed by atoms with E-state index in [2.05, 4.69) is 12.2 Å². The average Bonchev–Trinajstić information content (AvgIpc) is 2.49. The summed E-state index contributed by atoms with van der Waals surface area (Å²) < 4.78 is 5.04. The fourth-order valence-electron chi connectivity index (χ4n) is 3.14. The summed E-state index contributed by atoms with van der Waals surface area (Å²) in [7, 11) is 1.48. The standard InChI is InChI=1S/C17H25NO3/c1-3-5-12-8-10-13(11-9-12)18-17(20)14-6-4-7-15(21-2)16(14)19/h4,6-7,12-13,19H,3,5,8-11H2,1-2H3,(H,18,20). The van der Waals surface area contributed by atoms with Gasteiger partial charge in [-0.25, -0.2) is 0 Å². The monoisotopic (exact) mass is 291 g/mol. The summed E-state index contributed by atoms with van der Waals surface area (Å²) in [6.07, 6.45) is 6.95. The van der Waals surface area contributed by atoms with E-state index in [0.29, 0.717) is 5.75 Å². The predicted molar refractivity (Wildman–Crippen MR) is 82.8 cm³/mol. The number of benzene rings is 1. The van der Waals surface area contributed by atoms with E-state index >= 15 is 0 Å². The van der Waals surface area contributed by atoms with Gasteiger partial charge in [-0.15, -0.1) is 0 Å². The zero-order valence-corrected chi connectivity index (χ0v) is 12.9. The maximum absolute atomic E-state index is 12.3. The maximum atomic E-state index is 12.3. The van der Waals surface area contributed by atoms with Crippen molar-refractivity contribution in [2.24, 2.45) is 5.92 Å². The molecule has 21 heavy (non-hydrogen) atoms. The lowest BCUT2D eigenvalue weighted by Gasteiger charge is -2.29. The molecule has 1 saturated carbocycles. The molecular weight excluding hydrogens is 266 g/mol. The highest BCUT2D eigenvalue weighted by atomic mass is 16.5. The minimum atomic E-state index is -0.217. The van der Waals surface area contributed by atoms with Gasteiger partial charge >= 0.3 is 0 Å². The van der Waals surface area contributed by atoms with E-state index in [-0.39, 0.29) is 23.3 Å². The Kier molecular flexibility index (Phi) is 5.48. The van der Waals surface area contributed by atoms with Crippen molar-refractivity contribution < 1.29 is 14.6 Å². The number of para-hydroxylation sites is 1. The molecule has 1 fully saturated rings. The molecule has 116 valence electrons. The van der Waals surface area contributed by atoms with Crippen molar-refractivity contribution in [3.63, 3.8) is 0 Å². The molecule has 1 aromatic carbocycles. The largest absolute Gasteiger partial charge is 0.504 e. The lowest BCUT2D eigenvalue weighted by atomic mass is 9.83. The summed E-state index contributed by atoms with van der Waals surface area (Å²) in [4.78, 5) is 12.3.